The first-order valence-corrected chi connectivity index (χ1v) is 12.2. The zero-order valence-corrected chi connectivity index (χ0v) is 22.1. The van der Waals surface area contributed by atoms with Gasteiger partial charge in [0.2, 0.25) is 0 Å². The molecule has 3 aromatic rings. The molecule has 8 nitrogen and oxygen atoms in total. The summed E-state index contributed by atoms with van der Waals surface area (Å²) in [6.45, 7) is 2.31. The van der Waals surface area contributed by atoms with Crippen LogP contribution in [0.4, 0.5) is 0 Å². The number of nitrogens with zero attached hydrogens (tertiary/aromatic N) is 1. The second kappa shape index (κ2) is 13.5. The topological polar surface area (TPSA) is 98.2 Å². The lowest BCUT2D eigenvalue weighted by atomic mass is 10.2. The molecule has 188 valence electrons. The van der Waals surface area contributed by atoms with Gasteiger partial charge < -0.3 is 19.5 Å². The highest BCUT2D eigenvalue weighted by Crippen LogP contribution is 2.37. The fraction of sp³-hybridized carbons (Fsp3) is 0.192. The van der Waals surface area contributed by atoms with Gasteiger partial charge in [0.05, 0.1) is 36.5 Å². The number of rotatable bonds is 11. The predicted molar refractivity (Wildman–Crippen MR) is 142 cm³/mol. The van der Waals surface area contributed by atoms with Gasteiger partial charge in [0.25, 0.3) is 11.8 Å². The Hall–Kier alpha value is -3.56. The quantitative estimate of drug-likeness (QED) is 0.249. The van der Waals surface area contributed by atoms with Gasteiger partial charge in [-0.2, -0.15) is 5.10 Å². The molecule has 0 aliphatic heterocycles. The van der Waals surface area contributed by atoms with Gasteiger partial charge in [0.15, 0.2) is 11.5 Å². The van der Waals surface area contributed by atoms with Crippen LogP contribution in [-0.4, -0.2) is 38.3 Å². The summed E-state index contributed by atoms with van der Waals surface area (Å²) in [5.74, 6) is 0.540. The van der Waals surface area contributed by atoms with E-state index in [1.165, 1.54) is 13.3 Å². The number of carbonyl (C=O) groups is 2. The molecule has 0 unspecified atom stereocenters. The van der Waals surface area contributed by atoms with Crippen molar-refractivity contribution in [2.45, 2.75) is 13.5 Å². The van der Waals surface area contributed by atoms with Crippen LogP contribution < -0.4 is 25.0 Å². The van der Waals surface area contributed by atoms with E-state index in [0.717, 1.165) is 5.56 Å². The maximum Gasteiger partial charge on any atom is 0.259 e. The molecule has 10 heteroatoms. The van der Waals surface area contributed by atoms with Gasteiger partial charge in [-0.1, -0.05) is 41.9 Å². The summed E-state index contributed by atoms with van der Waals surface area (Å²) in [6, 6.07) is 17.7. The molecule has 0 saturated heterocycles. The van der Waals surface area contributed by atoms with Gasteiger partial charge in [0.1, 0.15) is 12.4 Å². The smallest absolute Gasteiger partial charge is 0.259 e. The predicted octanol–water partition coefficient (Wildman–Crippen LogP) is 4.97. The van der Waals surface area contributed by atoms with Crippen LogP contribution in [0, 0.1) is 0 Å². The fourth-order valence-electron chi connectivity index (χ4n) is 3.14. The fourth-order valence-corrected chi connectivity index (χ4v) is 3.90. The van der Waals surface area contributed by atoms with E-state index in [2.05, 4.69) is 31.8 Å². The number of nitrogens with one attached hydrogen (secondary N) is 2. The highest BCUT2D eigenvalue weighted by atomic mass is 79.9. The van der Waals surface area contributed by atoms with Crippen LogP contribution >= 0.6 is 27.5 Å². The average Bonchev–Trinajstić information content (AvgIpc) is 2.88. The van der Waals surface area contributed by atoms with E-state index in [-0.39, 0.29) is 13.2 Å². The van der Waals surface area contributed by atoms with Gasteiger partial charge in [-0.05, 0) is 58.7 Å². The second-order valence-corrected chi connectivity index (χ2v) is 8.58. The molecule has 0 radical (unpaired) electrons. The highest BCUT2D eigenvalue weighted by Gasteiger charge is 2.14. The number of amides is 2. The molecule has 2 N–H and O–H groups in total. The summed E-state index contributed by atoms with van der Waals surface area (Å²) in [4.78, 5) is 24.4. The van der Waals surface area contributed by atoms with E-state index < -0.39 is 11.8 Å². The molecule has 0 saturated carbocycles. The number of benzene rings is 3. The first-order valence-electron chi connectivity index (χ1n) is 11.0. The van der Waals surface area contributed by atoms with Crippen molar-refractivity contribution < 1.29 is 23.8 Å². The lowest BCUT2D eigenvalue weighted by molar-refractivity contribution is -0.120. The summed E-state index contributed by atoms with van der Waals surface area (Å²) >= 11 is 9.73. The summed E-state index contributed by atoms with van der Waals surface area (Å²) in [7, 11) is 1.47. The number of hydrogen-bond donors (Lipinski definition) is 2. The third-order valence-corrected chi connectivity index (χ3v) is 5.78. The minimum Gasteiger partial charge on any atom is -0.496 e. The van der Waals surface area contributed by atoms with Crippen molar-refractivity contribution >= 4 is 45.6 Å². The van der Waals surface area contributed by atoms with E-state index in [9.17, 15) is 9.59 Å². The molecule has 0 aliphatic carbocycles. The molecule has 0 atom stereocenters. The summed E-state index contributed by atoms with van der Waals surface area (Å²) in [6.07, 6.45) is 1.46. The highest BCUT2D eigenvalue weighted by molar-refractivity contribution is 9.10. The normalized spacial score (nSPS) is 10.7. The third kappa shape index (κ3) is 7.47. The molecule has 3 rings (SSSR count). The molecule has 2 amide bonds. The molecule has 0 bridgehead atoms. The van der Waals surface area contributed by atoms with Crippen LogP contribution in [-0.2, 0) is 11.4 Å². The Morgan fingerprint density at radius 3 is 2.56 bits per heavy atom. The Labute approximate surface area is 222 Å². The lowest BCUT2D eigenvalue weighted by Gasteiger charge is -2.15. The van der Waals surface area contributed by atoms with E-state index in [4.69, 9.17) is 25.8 Å². The van der Waals surface area contributed by atoms with Gasteiger partial charge in [0, 0.05) is 10.6 Å². The van der Waals surface area contributed by atoms with E-state index >= 15 is 0 Å². The maximum absolute atomic E-state index is 12.3. The van der Waals surface area contributed by atoms with Crippen molar-refractivity contribution in [1.29, 1.82) is 0 Å². The van der Waals surface area contributed by atoms with Gasteiger partial charge in [-0.15, -0.1) is 0 Å². The van der Waals surface area contributed by atoms with Crippen LogP contribution in [0.25, 0.3) is 0 Å². The molecule has 0 heterocycles. The molecule has 0 aliphatic rings. The SMILES string of the molecule is CCOc1cc(C=NNC(=O)CNC(=O)c2ccccc2OC)cc(Br)c1OCc1ccccc1Cl. The zero-order chi connectivity index (χ0) is 25.9. The maximum atomic E-state index is 12.3. The van der Waals surface area contributed by atoms with Gasteiger partial charge in [-0.3, -0.25) is 9.59 Å². The monoisotopic (exact) mass is 573 g/mol. The van der Waals surface area contributed by atoms with Crippen molar-refractivity contribution in [2.24, 2.45) is 5.10 Å². The Balaban J connectivity index is 1.60. The summed E-state index contributed by atoms with van der Waals surface area (Å²) in [5, 5.41) is 7.12. The molecular weight excluding hydrogens is 550 g/mol. The van der Waals surface area contributed by atoms with Crippen molar-refractivity contribution in [3.05, 3.63) is 86.8 Å². The number of hydrazone groups is 1. The van der Waals surface area contributed by atoms with Crippen LogP contribution in [0.2, 0.25) is 5.02 Å². The van der Waals surface area contributed by atoms with Crippen molar-refractivity contribution in [1.82, 2.24) is 10.7 Å². The molecule has 3 aromatic carbocycles. The number of halogens is 2. The van der Waals surface area contributed by atoms with E-state index in [1.54, 1.807) is 42.5 Å². The standard InChI is InChI=1S/C26H25BrClN3O5/c1-3-35-23-13-17(12-20(27)25(23)36-16-18-8-4-6-10-21(18)28)14-30-31-24(32)15-29-26(33)19-9-5-7-11-22(19)34-2/h4-14H,3,15-16H2,1-2H3,(H,29,33)(H,31,32). The van der Waals surface area contributed by atoms with Crippen molar-refractivity contribution in [2.75, 3.05) is 20.3 Å². The molecule has 0 aromatic heterocycles. The van der Waals surface area contributed by atoms with Gasteiger partial charge in [-0.25, -0.2) is 5.43 Å². The zero-order valence-electron chi connectivity index (χ0n) is 19.7. The number of hydrogen-bond acceptors (Lipinski definition) is 6. The Bertz CT molecular complexity index is 1250. The van der Waals surface area contributed by atoms with Crippen LogP contribution in [0.15, 0.2) is 70.2 Å². The third-order valence-electron chi connectivity index (χ3n) is 4.83. The average molecular weight is 575 g/mol. The minimum atomic E-state index is -0.488. The Morgan fingerprint density at radius 2 is 1.81 bits per heavy atom. The number of methoxy groups -OCH3 is 1. The molecule has 0 spiro atoms. The van der Waals surface area contributed by atoms with E-state index in [0.29, 0.717) is 44.5 Å². The number of para-hydroxylation sites is 1. The Kier molecular flexibility index (Phi) is 10.1. The minimum absolute atomic E-state index is 0.253. The first-order chi connectivity index (χ1) is 17.4. The Morgan fingerprint density at radius 1 is 1.06 bits per heavy atom. The first kappa shape index (κ1) is 27.0. The van der Waals surface area contributed by atoms with Gasteiger partial charge >= 0.3 is 0 Å². The summed E-state index contributed by atoms with van der Waals surface area (Å²) in [5.41, 5.74) is 4.23. The summed E-state index contributed by atoms with van der Waals surface area (Å²) < 4.78 is 17.5. The van der Waals surface area contributed by atoms with Crippen molar-refractivity contribution in [3.8, 4) is 17.2 Å². The lowest BCUT2D eigenvalue weighted by Crippen LogP contribution is -2.35. The molecular formula is C26H25BrClN3O5. The van der Waals surface area contributed by atoms with E-state index in [1.807, 2.05) is 25.1 Å². The van der Waals surface area contributed by atoms with Crippen LogP contribution in [0.3, 0.4) is 0 Å². The molecule has 0 fully saturated rings. The van der Waals surface area contributed by atoms with Crippen LogP contribution in [0.5, 0.6) is 17.2 Å². The second-order valence-electron chi connectivity index (χ2n) is 7.32. The molecule has 36 heavy (non-hydrogen) atoms. The van der Waals surface area contributed by atoms with Crippen molar-refractivity contribution in [3.63, 3.8) is 0 Å². The largest absolute Gasteiger partial charge is 0.496 e. The van der Waals surface area contributed by atoms with Crippen LogP contribution in [0.1, 0.15) is 28.4 Å². The number of ether oxygens (including phenoxy) is 3. The number of carbonyl (C=O) groups excluding carboxylic acids is 2.